The summed E-state index contributed by atoms with van der Waals surface area (Å²) >= 11 is 0. The van der Waals surface area contributed by atoms with E-state index in [9.17, 15) is 4.79 Å². The fourth-order valence-electron chi connectivity index (χ4n) is 1.22. The molecule has 0 bridgehead atoms. The average Bonchev–Trinajstić information content (AvgIpc) is 2.56. The average molecular weight is 171 g/mol. The molecule has 0 radical (unpaired) electrons. The number of carbonyl (C=O) groups is 1. The maximum atomic E-state index is 11.4. The second kappa shape index (κ2) is 4.45. The summed E-state index contributed by atoms with van der Waals surface area (Å²) < 4.78 is 5.25. The van der Waals surface area contributed by atoms with Gasteiger partial charge >= 0.3 is 0 Å². The topological polar surface area (TPSA) is 38.3 Å². The van der Waals surface area contributed by atoms with Crippen LogP contribution in [-0.2, 0) is 9.53 Å². The lowest BCUT2D eigenvalue weighted by molar-refractivity contribution is -0.130. The number of carbonyl (C=O) groups excluding carboxylic acids is 1. The minimum absolute atomic E-state index is 0.0573. The lowest BCUT2D eigenvalue weighted by Gasteiger charge is -2.14. The molecule has 1 amide bonds. The van der Waals surface area contributed by atoms with Crippen molar-refractivity contribution in [2.45, 2.75) is 45.3 Å². The van der Waals surface area contributed by atoms with Gasteiger partial charge in [0.1, 0.15) is 6.10 Å². The van der Waals surface area contributed by atoms with Crippen molar-refractivity contribution in [3.05, 3.63) is 0 Å². The molecule has 3 nitrogen and oxygen atoms in total. The number of amides is 1. The Bertz CT molecular complexity index is 153. The Hall–Kier alpha value is -0.570. The van der Waals surface area contributed by atoms with Crippen molar-refractivity contribution in [3.63, 3.8) is 0 Å². The molecule has 0 spiro atoms. The van der Waals surface area contributed by atoms with Crippen molar-refractivity contribution in [2.24, 2.45) is 0 Å². The Morgan fingerprint density at radius 2 is 2.50 bits per heavy atom. The van der Waals surface area contributed by atoms with Gasteiger partial charge in [-0.3, -0.25) is 4.79 Å². The van der Waals surface area contributed by atoms with E-state index in [1.807, 2.05) is 6.92 Å². The van der Waals surface area contributed by atoms with Crippen LogP contribution in [0.4, 0.5) is 0 Å². The lowest BCUT2D eigenvalue weighted by atomic mass is 10.2. The molecule has 12 heavy (non-hydrogen) atoms. The van der Waals surface area contributed by atoms with Crippen LogP contribution in [-0.4, -0.2) is 24.7 Å². The molecule has 0 aromatic carbocycles. The Morgan fingerprint density at radius 3 is 3.00 bits per heavy atom. The molecule has 1 heterocycles. The molecular weight excluding hydrogens is 154 g/mol. The highest BCUT2D eigenvalue weighted by atomic mass is 16.5. The Morgan fingerprint density at radius 1 is 1.75 bits per heavy atom. The summed E-state index contributed by atoms with van der Waals surface area (Å²) in [5.74, 6) is 0.0573. The third-order valence-corrected chi connectivity index (χ3v) is 2.22. The Kier molecular flexibility index (Phi) is 3.53. The van der Waals surface area contributed by atoms with Crippen molar-refractivity contribution < 1.29 is 9.53 Å². The van der Waals surface area contributed by atoms with Crippen LogP contribution in [0.25, 0.3) is 0 Å². The van der Waals surface area contributed by atoms with E-state index in [4.69, 9.17) is 4.74 Å². The smallest absolute Gasteiger partial charge is 0.249 e. The van der Waals surface area contributed by atoms with E-state index in [0.717, 1.165) is 25.9 Å². The molecule has 1 unspecified atom stereocenters. The summed E-state index contributed by atoms with van der Waals surface area (Å²) in [6, 6.07) is 0.265. The van der Waals surface area contributed by atoms with Gasteiger partial charge in [-0.05, 0) is 26.2 Å². The monoisotopic (exact) mass is 171 g/mol. The quantitative estimate of drug-likeness (QED) is 0.690. The highest BCUT2D eigenvalue weighted by Gasteiger charge is 2.23. The van der Waals surface area contributed by atoms with Crippen molar-refractivity contribution in [1.29, 1.82) is 0 Å². The van der Waals surface area contributed by atoms with E-state index >= 15 is 0 Å². The zero-order valence-corrected chi connectivity index (χ0v) is 7.80. The van der Waals surface area contributed by atoms with Gasteiger partial charge in [0.05, 0.1) is 0 Å². The minimum Gasteiger partial charge on any atom is -0.368 e. The Labute approximate surface area is 73.5 Å². The summed E-state index contributed by atoms with van der Waals surface area (Å²) in [5.41, 5.74) is 0. The molecule has 1 aliphatic heterocycles. The van der Waals surface area contributed by atoms with Crippen LogP contribution < -0.4 is 5.32 Å². The van der Waals surface area contributed by atoms with E-state index < -0.39 is 0 Å². The lowest BCUT2D eigenvalue weighted by Crippen LogP contribution is -2.39. The third kappa shape index (κ3) is 2.48. The molecular formula is C9H17NO2. The number of rotatable bonds is 3. The molecule has 70 valence electrons. The van der Waals surface area contributed by atoms with Crippen LogP contribution in [0.5, 0.6) is 0 Å². The van der Waals surface area contributed by atoms with Crippen LogP contribution >= 0.6 is 0 Å². The fraction of sp³-hybridized carbons (Fsp3) is 0.889. The molecule has 1 rings (SSSR count). The van der Waals surface area contributed by atoms with Gasteiger partial charge in [0.25, 0.3) is 0 Å². The standard InChI is InChI=1S/C9H17NO2/c1-3-7(2)10-9(11)8-5-4-6-12-8/h7-8H,3-6H2,1-2H3,(H,10,11)/t7?,8-/m1/s1. The van der Waals surface area contributed by atoms with Gasteiger partial charge in [-0.25, -0.2) is 0 Å². The van der Waals surface area contributed by atoms with Crippen molar-refractivity contribution >= 4 is 5.91 Å². The molecule has 0 saturated carbocycles. The summed E-state index contributed by atoms with van der Waals surface area (Å²) in [7, 11) is 0. The van der Waals surface area contributed by atoms with E-state index in [1.54, 1.807) is 0 Å². The van der Waals surface area contributed by atoms with Gasteiger partial charge in [-0.1, -0.05) is 6.92 Å². The first-order valence-corrected chi connectivity index (χ1v) is 4.66. The van der Waals surface area contributed by atoms with Crippen LogP contribution in [0.2, 0.25) is 0 Å². The SMILES string of the molecule is CCC(C)NC(=O)[C@H]1CCCO1. The summed E-state index contributed by atoms with van der Waals surface area (Å²) in [4.78, 5) is 11.4. The second-order valence-electron chi connectivity index (χ2n) is 3.32. The zero-order chi connectivity index (χ0) is 8.97. The highest BCUT2D eigenvalue weighted by Crippen LogP contribution is 2.11. The maximum Gasteiger partial charge on any atom is 0.249 e. The first-order chi connectivity index (χ1) is 5.74. The van der Waals surface area contributed by atoms with Gasteiger partial charge in [-0.2, -0.15) is 0 Å². The summed E-state index contributed by atoms with van der Waals surface area (Å²) in [6.07, 6.45) is 2.68. The van der Waals surface area contributed by atoms with Crippen molar-refractivity contribution in [1.82, 2.24) is 5.32 Å². The Balaban J connectivity index is 2.27. The number of hydrogen-bond donors (Lipinski definition) is 1. The minimum atomic E-state index is -0.181. The largest absolute Gasteiger partial charge is 0.368 e. The summed E-state index contributed by atoms with van der Waals surface area (Å²) in [6.45, 7) is 4.80. The molecule has 3 heteroatoms. The molecule has 1 fully saturated rings. The normalized spacial score (nSPS) is 25.3. The maximum absolute atomic E-state index is 11.4. The molecule has 0 aliphatic carbocycles. The molecule has 1 aliphatic rings. The molecule has 2 atom stereocenters. The first kappa shape index (κ1) is 9.52. The number of hydrogen-bond acceptors (Lipinski definition) is 2. The summed E-state index contributed by atoms with van der Waals surface area (Å²) in [5, 5.41) is 2.91. The molecule has 0 aromatic heterocycles. The van der Waals surface area contributed by atoms with Gasteiger partial charge in [0.2, 0.25) is 5.91 Å². The van der Waals surface area contributed by atoms with E-state index in [0.29, 0.717) is 0 Å². The first-order valence-electron chi connectivity index (χ1n) is 4.66. The zero-order valence-electron chi connectivity index (χ0n) is 7.80. The van der Waals surface area contributed by atoms with Crippen LogP contribution in [0.15, 0.2) is 0 Å². The van der Waals surface area contributed by atoms with Gasteiger partial charge in [0, 0.05) is 12.6 Å². The van der Waals surface area contributed by atoms with Crippen molar-refractivity contribution in [2.75, 3.05) is 6.61 Å². The van der Waals surface area contributed by atoms with E-state index in [2.05, 4.69) is 12.2 Å². The molecule has 1 saturated heterocycles. The number of nitrogens with one attached hydrogen (secondary N) is 1. The fourth-order valence-corrected chi connectivity index (χ4v) is 1.22. The highest BCUT2D eigenvalue weighted by molar-refractivity contribution is 5.81. The molecule has 0 aromatic rings. The van der Waals surface area contributed by atoms with Crippen LogP contribution in [0, 0.1) is 0 Å². The predicted octanol–water partition coefficient (Wildman–Crippen LogP) is 1.08. The predicted molar refractivity (Wildman–Crippen MR) is 46.9 cm³/mol. The third-order valence-electron chi connectivity index (χ3n) is 2.22. The van der Waals surface area contributed by atoms with Gasteiger partial charge in [-0.15, -0.1) is 0 Å². The van der Waals surface area contributed by atoms with Crippen molar-refractivity contribution in [3.8, 4) is 0 Å². The molecule has 1 N–H and O–H groups in total. The van der Waals surface area contributed by atoms with Gasteiger partial charge < -0.3 is 10.1 Å². The van der Waals surface area contributed by atoms with Gasteiger partial charge in [0.15, 0.2) is 0 Å². The van der Waals surface area contributed by atoms with E-state index in [-0.39, 0.29) is 18.1 Å². The second-order valence-corrected chi connectivity index (χ2v) is 3.32. The number of ether oxygens (including phenoxy) is 1. The van der Waals surface area contributed by atoms with E-state index in [1.165, 1.54) is 0 Å². The van der Waals surface area contributed by atoms with Crippen LogP contribution in [0.3, 0.4) is 0 Å². The van der Waals surface area contributed by atoms with Crippen LogP contribution in [0.1, 0.15) is 33.1 Å².